The zero-order valence-electron chi connectivity index (χ0n) is 18.1. The van der Waals surface area contributed by atoms with Gasteiger partial charge in [0, 0.05) is 25.8 Å². The van der Waals surface area contributed by atoms with Gasteiger partial charge in [-0.05, 0) is 51.3 Å². The maximum atomic E-state index is 6.20. The quantitative estimate of drug-likeness (QED) is 0.302. The van der Waals surface area contributed by atoms with Crippen LogP contribution in [0.25, 0.3) is 0 Å². The molecule has 0 saturated heterocycles. The molecule has 0 aliphatic rings. The Kier molecular flexibility index (Phi) is 10.8. The van der Waals surface area contributed by atoms with Crippen molar-refractivity contribution in [3.63, 3.8) is 0 Å². The van der Waals surface area contributed by atoms with Crippen molar-refractivity contribution in [3.05, 3.63) is 46.2 Å². The predicted octanol–water partition coefficient (Wildman–Crippen LogP) is 4.26. The molecule has 6 nitrogen and oxygen atoms in total. The molecule has 1 heterocycles. The highest BCUT2D eigenvalue weighted by molar-refractivity contribution is 14.0. The standard InChI is InChI=1S/C21H32ClN5O.HI/c1-7-17(28-20-11-9-8-10-19(20)22)13-24-21(23-5)25-14(2)12-18-15(3)26-27(6)16(18)4;/h8-11,14,17H,7,12-13H2,1-6H3,(H2,23,24,25);1H. The molecule has 0 fully saturated rings. The lowest BCUT2D eigenvalue weighted by molar-refractivity contribution is 0.199. The molecule has 29 heavy (non-hydrogen) atoms. The van der Waals surface area contributed by atoms with Gasteiger partial charge in [-0.15, -0.1) is 24.0 Å². The van der Waals surface area contributed by atoms with E-state index in [1.807, 2.05) is 36.0 Å². The fraction of sp³-hybridized carbons (Fsp3) is 0.524. The first kappa shape index (κ1) is 25.6. The number of guanidine groups is 1. The minimum Gasteiger partial charge on any atom is -0.487 e. The van der Waals surface area contributed by atoms with Crippen LogP contribution in [-0.2, 0) is 13.5 Å². The largest absolute Gasteiger partial charge is 0.487 e. The highest BCUT2D eigenvalue weighted by atomic mass is 127. The third-order valence-corrected chi connectivity index (χ3v) is 5.17. The average Bonchev–Trinajstić information content (AvgIpc) is 2.91. The summed E-state index contributed by atoms with van der Waals surface area (Å²) in [6.45, 7) is 9.04. The van der Waals surface area contributed by atoms with E-state index in [-0.39, 0.29) is 36.1 Å². The van der Waals surface area contributed by atoms with E-state index in [9.17, 15) is 0 Å². The molecular formula is C21H33ClIN5O. The molecule has 2 aromatic rings. The van der Waals surface area contributed by atoms with E-state index in [2.05, 4.69) is 48.4 Å². The molecule has 2 atom stereocenters. The highest BCUT2D eigenvalue weighted by Crippen LogP contribution is 2.24. The zero-order valence-corrected chi connectivity index (χ0v) is 21.2. The maximum Gasteiger partial charge on any atom is 0.191 e. The van der Waals surface area contributed by atoms with E-state index >= 15 is 0 Å². The van der Waals surface area contributed by atoms with Crippen molar-refractivity contribution in [2.24, 2.45) is 12.0 Å². The number of halogens is 2. The smallest absolute Gasteiger partial charge is 0.191 e. The second kappa shape index (κ2) is 12.3. The normalized spacial score (nSPS) is 13.4. The predicted molar refractivity (Wildman–Crippen MR) is 132 cm³/mol. The van der Waals surface area contributed by atoms with Crippen LogP contribution in [0, 0.1) is 13.8 Å². The molecule has 162 valence electrons. The third kappa shape index (κ3) is 7.37. The fourth-order valence-electron chi connectivity index (χ4n) is 3.10. The Morgan fingerprint density at radius 1 is 1.31 bits per heavy atom. The van der Waals surface area contributed by atoms with Gasteiger partial charge in [0.15, 0.2) is 5.96 Å². The minimum atomic E-state index is -0.00318. The SMILES string of the molecule is CCC(CNC(=NC)NC(C)Cc1c(C)nn(C)c1C)Oc1ccccc1Cl.I. The Hall–Kier alpha value is -1.48. The lowest BCUT2D eigenvalue weighted by Crippen LogP contribution is -2.46. The molecule has 0 aliphatic heterocycles. The Labute approximate surface area is 196 Å². The Morgan fingerprint density at radius 2 is 2.00 bits per heavy atom. The second-order valence-corrected chi connectivity index (χ2v) is 7.46. The van der Waals surface area contributed by atoms with Crippen molar-refractivity contribution < 1.29 is 4.74 Å². The summed E-state index contributed by atoms with van der Waals surface area (Å²) in [7, 11) is 3.76. The van der Waals surface area contributed by atoms with Crippen molar-refractivity contribution in [3.8, 4) is 5.75 Å². The average molecular weight is 534 g/mol. The number of nitrogens with zero attached hydrogens (tertiary/aromatic N) is 3. The summed E-state index contributed by atoms with van der Waals surface area (Å²) in [5.74, 6) is 1.46. The highest BCUT2D eigenvalue weighted by Gasteiger charge is 2.15. The van der Waals surface area contributed by atoms with Crippen molar-refractivity contribution in [1.29, 1.82) is 0 Å². The summed E-state index contributed by atoms with van der Waals surface area (Å²) in [5.41, 5.74) is 3.57. The van der Waals surface area contributed by atoms with E-state index in [0.717, 1.165) is 24.5 Å². The molecule has 1 aromatic carbocycles. The van der Waals surface area contributed by atoms with Gasteiger partial charge >= 0.3 is 0 Å². The van der Waals surface area contributed by atoms with Gasteiger partial charge in [-0.3, -0.25) is 9.67 Å². The number of hydrogen-bond acceptors (Lipinski definition) is 3. The Morgan fingerprint density at radius 3 is 2.55 bits per heavy atom. The maximum absolute atomic E-state index is 6.20. The summed E-state index contributed by atoms with van der Waals surface area (Å²) in [6, 6.07) is 7.76. The first-order valence-electron chi connectivity index (χ1n) is 9.73. The summed E-state index contributed by atoms with van der Waals surface area (Å²) in [5, 5.41) is 11.9. The van der Waals surface area contributed by atoms with Crippen LogP contribution in [-0.4, -0.2) is 41.5 Å². The number of rotatable bonds is 8. The van der Waals surface area contributed by atoms with Gasteiger partial charge in [0.1, 0.15) is 11.9 Å². The molecule has 0 amide bonds. The first-order chi connectivity index (χ1) is 13.3. The molecule has 2 unspecified atom stereocenters. The monoisotopic (exact) mass is 533 g/mol. The van der Waals surface area contributed by atoms with Gasteiger partial charge in [-0.1, -0.05) is 30.7 Å². The van der Waals surface area contributed by atoms with E-state index in [0.29, 0.717) is 17.3 Å². The topological polar surface area (TPSA) is 63.5 Å². The van der Waals surface area contributed by atoms with Gasteiger partial charge in [-0.25, -0.2) is 0 Å². The van der Waals surface area contributed by atoms with E-state index in [4.69, 9.17) is 16.3 Å². The number of aliphatic imine (C=N–C) groups is 1. The van der Waals surface area contributed by atoms with Gasteiger partial charge in [-0.2, -0.15) is 5.10 Å². The van der Waals surface area contributed by atoms with Gasteiger partial charge in [0.05, 0.1) is 17.3 Å². The molecule has 2 rings (SSSR count). The molecular weight excluding hydrogens is 501 g/mol. The van der Waals surface area contributed by atoms with Crippen LogP contribution < -0.4 is 15.4 Å². The van der Waals surface area contributed by atoms with E-state index < -0.39 is 0 Å². The molecule has 0 radical (unpaired) electrons. The zero-order chi connectivity index (χ0) is 20.7. The Bertz CT molecular complexity index is 808. The lowest BCUT2D eigenvalue weighted by atomic mass is 10.1. The summed E-state index contributed by atoms with van der Waals surface area (Å²) < 4.78 is 7.97. The van der Waals surface area contributed by atoms with Gasteiger partial charge < -0.3 is 15.4 Å². The van der Waals surface area contributed by atoms with Crippen LogP contribution in [0.1, 0.15) is 37.2 Å². The van der Waals surface area contributed by atoms with Crippen LogP contribution in [0.4, 0.5) is 0 Å². The van der Waals surface area contributed by atoms with Crippen molar-refractivity contribution in [1.82, 2.24) is 20.4 Å². The number of para-hydroxylation sites is 1. The lowest BCUT2D eigenvalue weighted by Gasteiger charge is -2.22. The van der Waals surface area contributed by atoms with Crippen LogP contribution in [0.15, 0.2) is 29.3 Å². The number of benzene rings is 1. The number of ether oxygens (including phenoxy) is 1. The van der Waals surface area contributed by atoms with Crippen molar-refractivity contribution in [2.75, 3.05) is 13.6 Å². The number of hydrogen-bond donors (Lipinski definition) is 2. The van der Waals surface area contributed by atoms with Crippen LogP contribution >= 0.6 is 35.6 Å². The van der Waals surface area contributed by atoms with Crippen molar-refractivity contribution in [2.45, 2.75) is 52.7 Å². The molecule has 8 heteroatoms. The number of aryl methyl sites for hydroxylation is 2. The van der Waals surface area contributed by atoms with Crippen molar-refractivity contribution >= 4 is 41.5 Å². The van der Waals surface area contributed by atoms with Gasteiger partial charge in [0.25, 0.3) is 0 Å². The third-order valence-electron chi connectivity index (χ3n) is 4.86. The fourth-order valence-corrected chi connectivity index (χ4v) is 3.28. The summed E-state index contributed by atoms with van der Waals surface area (Å²) in [6.07, 6.45) is 1.75. The van der Waals surface area contributed by atoms with Crippen LogP contribution in [0.5, 0.6) is 5.75 Å². The van der Waals surface area contributed by atoms with Crippen LogP contribution in [0.3, 0.4) is 0 Å². The minimum absolute atomic E-state index is 0. The Balaban J connectivity index is 0.00000420. The molecule has 0 aliphatic carbocycles. The summed E-state index contributed by atoms with van der Waals surface area (Å²) in [4.78, 5) is 4.34. The van der Waals surface area contributed by atoms with Gasteiger partial charge in [0.2, 0.25) is 0 Å². The second-order valence-electron chi connectivity index (χ2n) is 7.05. The van der Waals surface area contributed by atoms with E-state index in [1.54, 1.807) is 7.05 Å². The van der Waals surface area contributed by atoms with Crippen LogP contribution in [0.2, 0.25) is 5.02 Å². The number of nitrogens with one attached hydrogen (secondary N) is 2. The molecule has 0 saturated carbocycles. The first-order valence-corrected chi connectivity index (χ1v) is 10.1. The molecule has 2 N–H and O–H groups in total. The number of aromatic nitrogens is 2. The molecule has 1 aromatic heterocycles. The molecule has 0 bridgehead atoms. The summed E-state index contributed by atoms with van der Waals surface area (Å²) >= 11 is 6.20. The molecule has 0 spiro atoms. The van der Waals surface area contributed by atoms with E-state index in [1.165, 1.54) is 11.3 Å².